The summed E-state index contributed by atoms with van der Waals surface area (Å²) >= 11 is 8.04. The van der Waals surface area contributed by atoms with Crippen molar-refractivity contribution in [1.82, 2.24) is 30.1 Å². The molecule has 4 N–H and O–H groups in total. The lowest BCUT2D eigenvalue weighted by Gasteiger charge is -2.43. The van der Waals surface area contributed by atoms with Gasteiger partial charge in [-0.3, -0.25) is 9.69 Å². The fourth-order valence-electron chi connectivity index (χ4n) is 7.77. The number of hydrogen-bond donors (Lipinski definition) is 4. The van der Waals surface area contributed by atoms with Crippen molar-refractivity contribution >= 4 is 76.2 Å². The maximum atomic E-state index is 13.5. The Bertz CT molecular complexity index is 2330. The maximum absolute atomic E-state index is 13.5. The number of nitrogens with one attached hydrogen (secondary N) is 3. The fourth-order valence-corrected chi connectivity index (χ4v) is 9.87. The van der Waals surface area contributed by atoms with Gasteiger partial charge in [-0.2, -0.15) is 4.98 Å². The second kappa shape index (κ2) is 18.4. The molecule has 3 aromatic carbocycles. The van der Waals surface area contributed by atoms with Crippen molar-refractivity contribution in [3.8, 4) is 16.2 Å². The lowest BCUT2D eigenvalue weighted by atomic mass is 10.00. The number of hydrogen-bond acceptors (Lipinski definition) is 12. The Balaban J connectivity index is 0.913. The molecule has 17 heteroatoms. The number of amides is 2. The molecule has 2 amide bonds. The standard InChI is InChI=1S/C42H49ClN9O5PS/c1-27-39(59-26-45-27)29-11-9-28(10-12-29)35(48-42(54)55)24-38(53)52-21-19-51(20-22-52)30-15-17-50(18-16-30)31-13-14-33(36(23-31)57-2)47-41-44-25-32(43)40(49-41)46-34-7-5-6-8-37(34)58(3,4)56/h5-14,23,25-26,30,35,48H,15-22,24H2,1-4H3,(H,54,55)(H2,44,46,47,49)/t35-/m0/s1. The van der Waals surface area contributed by atoms with Gasteiger partial charge in [0.25, 0.3) is 0 Å². The van der Waals surface area contributed by atoms with Gasteiger partial charge in [-0.05, 0) is 68.5 Å². The molecule has 1 atom stereocenters. The number of aryl methyl sites for hydroxylation is 1. The topological polar surface area (TPSA) is 165 Å². The summed E-state index contributed by atoms with van der Waals surface area (Å²) in [7, 11) is -0.927. The van der Waals surface area contributed by atoms with Gasteiger partial charge in [0, 0.05) is 62.4 Å². The van der Waals surface area contributed by atoms with Gasteiger partial charge >= 0.3 is 6.09 Å². The van der Waals surface area contributed by atoms with Gasteiger partial charge in [0.2, 0.25) is 11.9 Å². The van der Waals surface area contributed by atoms with Crippen LogP contribution in [0.1, 0.15) is 36.6 Å². The Morgan fingerprint density at radius 3 is 2.36 bits per heavy atom. The molecule has 5 aromatic rings. The molecular formula is C42H49ClN9O5PS. The zero-order valence-corrected chi connectivity index (χ0v) is 36.0. The Kier molecular flexibility index (Phi) is 13.1. The summed E-state index contributed by atoms with van der Waals surface area (Å²) in [6, 6.07) is 20.9. The molecule has 14 nitrogen and oxygen atoms in total. The van der Waals surface area contributed by atoms with Gasteiger partial charge < -0.3 is 40.2 Å². The summed E-state index contributed by atoms with van der Waals surface area (Å²) in [6.07, 6.45) is 2.39. The number of anilines is 5. The minimum absolute atomic E-state index is 0.0565. The monoisotopic (exact) mass is 857 g/mol. The van der Waals surface area contributed by atoms with Crippen LogP contribution in [0.3, 0.4) is 0 Å². The van der Waals surface area contributed by atoms with Crippen LogP contribution in [0, 0.1) is 6.92 Å². The average Bonchev–Trinajstić information content (AvgIpc) is 3.67. The zero-order valence-electron chi connectivity index (χ0n) is 33.5. The molecule has 59 heavy (non-hydrogen) atoms. The summed E-state index contributed by atoms with van der Waals surface area (Å²) in [4.78, 5) is 46.3. The number of thiazole rings is 1. The summed E-state index contributed by atoms with van der Waals surface area (Å²) < 4.78 is 18.7. The number of piperidine rings is 1. The predicted molar refractivity (Wildman–Crippen MR) is 236 cm³/mol. The number of carbonyl (C=O) groups is 2. The number of benzene rings is 3. The van der Waals surface area contributed by atoms with E-state index in [1.165, 1.54) is 6.20 Å². The number of para-hydroxylation sites is 1. The minimum atomic E-state index is -2.56. The van der Waals surface area contributed by atoms with E-state index in [4.69, 9.17) is 16.3 Å². The molecule has 0 bridgehead atoms. The number of methoxy groups -OCH3 is 1. The van der Waals surface area contributed by atoms with E-state index >= 15 is 0 Å². The number of nitrogens with zero attached hydrogens (tertiary/aromatic N) is 6. The highest BCUT2D eigenvalue weighted by atomic mass is 35.5. The molecule has 0 spiro atoms. The number of carboxylic acid groups (broad SMARTS) is 1. The highest BCUT2D eigenvalue weighted by molar-refractivity contribution is 7.70. The predicted octanol–water partition coefficient (Wildman–Crippen LogP) is 7.82. The average molecular weight is 858 g/mol. The van der Waals surface area contributed by atoms with E-state index in [2.05, 4.69) is 46.8 Å². The van der Waals surface area contributed by atoms with Crippen LogP contribution < -0.4 is 30.9 Å². The van der Waals surface area contributed by atoms with Crippen molar-refractivity contribution in [1.29, 1.82) is 0 Å². The SMILES string of the molecule is COc1cc(N2CCC(N3CCN(C(=O)C[C@H](NC(=O)O)c4ccc(-c5scnc5C)cc4)CC3)CC2)ccc1Nc1ncc(Cl)c(Nc2ccccc2P(C)(C)=O)n1. The summed E-state index contributed by atoms with van der Waals surface area (Å²) in [5.74, 6) is 1.30. The van der Waals surface area contributed by atoms with Crippen LogP contribution in [0.5, 0.6) is 5.75 Å². The largest absolute Gasteiger partial charge is 0.494 e. The van der Waals surface area contributed by atoms with Crippen LogP contribution in [0.15, 0.2) is 78.4 Å². The molecule has 2 fully saturated rings. The molecule has 2 saturated heterocycles. The van der Waals surface area contributed by atoms with Crippen molar-refractivity contribution < 1.29 is 24.0 Å². The fraction of sp³-hybridized carbons (Fsp3) is 0.357. The van der Waals surface area contributed by atoms with Crippen molar-refractivity contribution in [2.45, 2.75) is 38.3 Å². The number of aromatic nitrogens is 3. The Hall–Kier alpha value is -5.21. The van der Waals surface area contributed by atoms with Gasteiger partial charge in [-0.1, -0.05) is 48.0 Å². The molecule has 310 valence electrons. The highest BCUT2D eigenvalue weighted by Crippen LogP contribution is 2.39. The molecule has 7 rings (SSSR count). The van der Waals surface area contributed by atoms with E-state index in [1.807, 2.05) is 78.0 Å². The minimum Gasteiger partial charge on any atom is -0.494 e. The van der Waals surface area contributed by atoms with Crippen LogP contribution >= 0.6 is 30.1 Å². The number of carbonyl (C=O) groups excluding carboxylic acids is 1. The van der Waals surface area contributed by atoms with Gasteiger partial charge in [0.15, 0.2) is 5.82 Å². The van der Waals surface area contributed by atoms with Crippen molar-refractivity contribution in [2.24, 2.45) is 0 Å². The molecule has 2 aliphatic rings. The summed E-state index contributed by atoms with van der Waals surface area (Å²) in [5, 5.41) is 19.7. The van der Waals surface area contributed by atoms with Gasteiger partial charge in [0.1, 0.15) is 17.9 Å². The molecule has 0 unspecified atom stereocenters. The molecular weight excluding hydrogens is 809 g/mol. The maximum Gasteiger partial charge on any atom is 0.405 e. The Morgan fingerprint density at radius 1 is 0.966 bits per heavy atom. The van der Waals surface area contributed by atoms with Gasteiger partial charge in [0.05, 0.1) is 53.2 Å². The van der Waals surface area contributed by atoms with Crippen LogP contribution in [-0.4, -0.2) is 108 Å². The number of rotatable bonds is 13. The Morgan fingerprint density at radius 2 is 1.69 bits per heavy atom. The van der Waals surface area contributed by atoms with Crippen molar-refractivity contribution in [2.75, 3.05) is 75.2 Å². The van der Waals surface area contributed by atoms with Crippen LogP contribution in [-0.2, 0) is 9.36 Å². The third kappa shape index (κ3) is 10.2. The van der Waals surface area contributed by atoms with Gasteiger partial charge in [-0.25, -0.2) is 14.8 Å². The summed E-state index contributed by atoms with van der Waals surface area (Å²) in [5.41, 5.74) is 6.95. The van der Waals surface area contributed by atoms with Gasteiger partial charge in [-0.15, -0.1) is 11.3 Å². The molecule has 4 heterocycles. The third-order valence-corrected chi connectivity index (χ3v) is 13.7. The van der Waals surface area contributed by atoms with E-state index < -0.39 is 19.3 Å². The third-order valence-electron chi connectivity index (χ3n) is 10.9. The van der Waals surface area contributed by atoms with Crippen LogP contribution in [0.2, 0.25) is 5.02 Å². The molecule has 0 radical (unpaired) electrons. The van der Waals surface area contributed by atoms with E-state index in [9.17, 15) is 19.3 Å². The quantitative estimate of drug-likeness (QED) is 0.0851. The van der Waals surface area contributed by atoms with E-state index in [1.54, 1.807) is 31.8 Å². The molecule has 0 aliphatic carbocycles. The van der Waals surface area contributed by atoms with E-state index in [0.29, 0.717) is 58.3 Å². The molecule has 2 aliphatic heterocycles. The first-order chi connectivity index (χ1) is 28.4. The zero-order chi connectivity index (χ0) is 41.7. The first kappa shape index (κ1) is 41.9. The van der Waals surface area contributed by atoms with E-state index in [0.717, 1.165) is 66.4 Å². The second-order valence-corrected chi connectivity index (χ2v) is 19.6. The summed E-state index contributed by atoms with van der Waals surface area (Å²) in [6.45, 7) is 9.94. The first-order valence-electron chi connectivity index (χ1n) is 19.5. The number of halogens is 1. The number of piperazine rings is 1. The van der Waals surface area contributed by atoms with Crippen molar-refractivity contribution in [3.05, 3.63) is 94.7 Å². The lowest BCUT2D eigenvalue weighted by Crippen LogP contribution is -2.54. The highest BCUT2D eigenvalue weighted by Gasteiger charge is 2.31. The van der Waals surface area contributed by atoms with Crippen LogP contribution in [0.4, 0.5) is 33.6 Å². The van der Waals surface area contributed by atoms with Crippen molar-refractivity contribution in [3.63, 3.8) is 0 Å². The second-order valence-electron chi connectivity index (χ2n) is 15.1. The molecule has 2 aromatic heterocycles. The normalized spacial score (nSPS) is 15.7. The Labute approximate surface area is 353 Å². The first-order valence-corrected chi connectivity index (χ1v) is 23.4. The lowest BCUT2D eigenvalue weighted by molar-refractivity contribution is -0.133. The van der Waals surface area contributed by atoms with Crippen LogP contribution in [0.25, 0.3) is 10.4 Å². The molecule has 0 saturated carbocycles. The van der Waals surface area contributed by atoms with E-state index in [-0.39, 0.29) is 12.3 Å². The smallest absolute Gasteiger partial charge is 0.405 e. The number of ether oxygens (including phenoxy) is 1.